The SMILES string of the molecule is O=C(O)c1ccc(/C=C/c2ccc(/C=C/c3ccc(C(=O)O)cc3)cc2)cc1. The highest BCUT2D eigenvalue weighted by molar-refractivity contribution is 5.88. The lowest BCUT2D eigenvalue weighted by Crippen LogP contribution is -1.94. The summed E-state index contributed by atoms with van der Waals surface area (Å²) in [4.78, 5) is 21.7. The number of hydrogen-bond acceptors (Lipinski definition) is 2. The number of carbonyl (C=O) groups is 2. The average molecular weight is 370 g/mol. The Balaban J connectivity index is 1.64. The molecular formula is C24H18O4. The second-order valence-electron chi connectivity index (χ2n) is 6.19. The summed E-state index contributed by atoms with van der Waals surface area (Å²) in [7, 11) is 0. The Morgan fingerprint density at radius 2 is 0.679 bits per heavy atom. The van der Waals surface area contributed by atoms with Gasteiger partial charge in [0.25, 0.3) is 0 Å². The molecule has 0 spiro atoms. The number of aromatic carboxylic acids is 2. The molecule has 4 heteroatoms. The van der Waals surface area contributed by atoms with Gasteiger partial charge >= 0.3 is 11.9 Å². The van der Waals surface area contributed by atoms with Crippen molar-refractivity contribution in [1.29, 1.82) is 0 Å². The van der Waals surface area contributed by atoms with Crippen LogP contribution in [0.1, 0.15) is 43.0 Å². The molecular weight excluding hydrogens is 352 g/mol. The van der Waals surface area contributed by atoms with E-state index in [9.17, 15) is 9.59 Å². The van der Waals surface area contributed by atoms with Gasteiger partial charge in [0.05, 0.1) is 11.1 Å². The van der Waals surface area contributed by atoms with Crippen molar-refractivity contribution in [3.05, 3.63) is 106 Å². The van der Waals surface area contributed by atoms with Crippen LogP contribution in [0, 0.1) is 0 Å². The van der Waals surface area contributed by atoms with Crippen LogP contribution in [0.3, 0.4) is 0 Å². The molecule has 0 bridgehead atoms. The molecule has 28 heavy (non-hydrogen) atoms. The highest BCUT2D eigenvalue weighted by Gasteiger charge is 2.01. The maximum atomic E-state index is 10.9. The van der Waals surface area contributed by atoms with Gasteiger partial charge in [-0.2, -0.15) is 0 Å². The van der Waals surface area contributed by atoms with Gasteiger partial charge in [-0.25, -0.2) is 9.59 Å². The molecule has 0 unspecified atom stereocenters. The van der Waals surface area contributed by atoms with Crippen molar-refractivity contribution in [2.24, 2.45) is 0 Å². The predicted octanol–water partition coefficient (Wildman–Crippen LogP) is 5.42. The van der Waals surface area contributed by atoms with E-state index >= 15 is 0 Å². The van der Waals surface area contributed by atoms with Crippen LogP contribution in [0.4, 0.5) is 0 Å². The van der Waals surface area contributed by atoms with Gasteiger partial charge in [-0.1, -0.05) is 72.8 Å². The summed E-state index contributed by atoms with van der Waals surface area (Å²) in [5.41, 5.74) is 4.46. The Labute approximate surface area is 162 Å². The lowest BCUT2D eigenvalue weighted by Gasteiger charge is -1.99. The molecule has 138 valence electrons. The minimum atomic E-state index is -0.933. The van der Waals surface area contributed by atoms with E-state index in [1.54, 1.807) is 48.5 Å². The second-order valence-corrected chi connectivity index (χ2v) is 6.19. The van der Waals surface area contributed by atoms with E-state index < -0.39 is 11.9 Å². The molecule has 0 heterocycles. The quantitative estimate of drug-likeness (QED) is 0.568. The summed E-state index contributed by atoms with van der Waals surface area (Å²) in [6.07, 6.45) is 7.79. The number of hydrogen-bond donors (Lipinski definition) is 2. The third-order valence-corrected chi connectivity index (χ3v) is 4.19. The first-order chi connectivity index (χ1) is 13.5. The largest absolute Gasteiger partial charge is 0.478 e. The van der Waals surface area contributed by atoms with Crippen LogP contribution in [0.5, 0.6) is 0 Å². The zero-order chi connectivity index (χ0) is 19.9. The van der Waals surface area contributed by atoms with Gasteiger partial charge in [-0.15, -0.1) is 0 Å². The molecule has 3 aromatic carbocycles. The van der Waals surface area contributed by atoms with E-state index in [2.05, 4.69) is 0 Å². The third-order valence-electron chi connectivity index (χ3n) is 4.19. The second kappa shape index (κ2) is 8.64. The van der Waals surface area contributed by atoms with E-state index in [1.807, 2.05) is 48.6 Å². The Kier molecular flexibility index (Phi) is 5.82. The smallest absolute Gasteiger partial charge is 0.335 e. The number of carboxylic acid groups (broad SMARTS) is 2. The van der Waals surface area contributed by atoms with Crippen molar-refractivity contribution in [3.8, 4) is 0 Å². The van der Waals surface area contributed by atoms with Gasteiger partial charge in [0, 0.05) is 0 Å². The van der Waals surface area contributed by atoms with Crippen LogP contribution in [-0.4, -0.2) is 22.2 Å². The molecule has 0 atom stereocenters. The van der Waals surface area contributed by atoms with E-state index in [0.29, 0.717) is 0 Å². The Bertz CT molecular complexity index is 939. The van der Waals surface area contributed by atoms with Gasteiger partial charge < -0.3 is 10.2 Å². The minimum absolute atomic E-state index is 0.269. The third kappa shape index (κ3) is 5.05. The van der Waals surface area contributed by atoms with Crippen molar-refractivity contribution in [2.75, 3.05) is 0 Å². The van der Waals surface area contributed by atoms with E-state index in [-0.39, 0.29) is 11.1 Å². The summed E-state index contributed by atoms with van der Waals surface area (Å²) >= 11 is 0. The molecule has 0 amide bonds. The lowest BCUT2D eigenvalue weighted by molar-refractivity contribution is 0.0686. The molecule has 0 fully saturated rings. The summed E-state index contributed by atoms with van der Waals surface area (Å²) in [5, 5.41) is 17.8. The van der Waals surface area contributed by atoms with E-state index in [1.165, 1.54) is 0 Å². The average Bonchev–Trinajstić information content (AvgIpc) is 2.72. The fourth-order valence-corrected chi connectivity index (χ4v) is 2.58. The first-order valence-electron chi connectivity index (χ1n) is 8.64. The van der Waals surface area contributed by atoms with Crippen molar-refractivity contribution >= 4 is 36.2 Å². The monoisotopic (exact) mass is 370 g/mol. The van der Waals surface area contributed by atoms with Crippen LogP contribution < -0.4 is 0 Å². The van der Waals surface area contributed by atoms with Gasteiger partial charge in [0.1, 0.15) is 0 Å². The van der Waals surface area contributed by atoms with Crippen molar-refractivity contribution in [3.63, 3.8) is 0 Å². The first kappa shape index (κ1) is 18.9. The number of benzene rings is 3. The molecule has 3 aromatic rings. The summed E-state index contributed by atoms with van der Waals surface area (Å²) in [6.45, 7) is 0. The molecule has 0 aromatic heterocycles. The predicted molar refractivity (Wildman–Crippen MR) is 111 cm³/mol. The first-order valence-corrected chi connectivity index (χ1v) is 8.64. The molecule has 0 radical (unpaired) electrons. The number of rotatable bonds is 6. The standard InChI is InChI=1S/C24H18O4/c25-23(26)21-13-9-19(10-14-21)7-5-17-1-2-18(4-3-17)6-8-20-11-15-22(16-12-20)24(27)28/h1-16H,(H,25,26)(H,27,28)/b7-5+,8-6+. The van der Waals surface area contributed by atoms with E-state index in [4.69, 9.17) is 10.2 Å². The molecule has 3 rings (SSSR count). The summed E-state index contributed by atoms with van der Waals surface area (Å²) in [5.74, 6) is -1.87. The maximum Gasteiger partial charge on any atom is 0.335 e. The van der Waals surface area contributed by atoms with E-state index in [0.717, 1.165) is 22.3 Å². The molecule has 4 nitrogen and oxygen atoms in total. The lowest BCUT2D eigenvalue weighted by atomic mass is 10.1. The van der Waals surface area contributed by atoms with Crippen LogP contribution in [-0.2, 0) is 0 Å². The molecule has 0 saturated carbocycles. The van der Waals surface area contributed by atoms with Gasteiger partial charge in [-0.05, 0) is 46.5 Å². The Morgan fingerprint density at radius 3 is 0.893 bits per heavy atom. The van der Waals surface area contributed by atoms with Crippen molar-refractivity contribution < 1.29 is 19.8 Å². The fourth-order valence-electron chi connectivity index (χ4n) is 2.58. The maximum absolute atomic E-state index is 10.9. The molecule has 0 aliphatic rings. The van der Waals surface area contributed by atoms with Gasteiger partial charge in [0.15, 0.2) is 0 Å². The number of carboxylic acids is 2. The normalized spacial score (nSPS) is 11.1. The minimum Gasteiger partial charge on any atom is -0.478 e. The zero-order valence-corrected chi connectivity index (χ0v) is 14.9. The highest BCUT2D eigenvalue weighted by atomic mass is 16.4. The highest BCUT2D eigenvalue weighted by Crippen LogP contribution is 2.14. The van der Waals surface area contributed by atoms with Crippen molar-refractivity contribution in [2.45, 2.75) is 0 Å². The van der Waals surface area contributed by atoms with Gasteiger partial charge in [-0.3, -0.25) is 0 Å². The topological polar surface area (TPSA) is 74.6 Å². The van der Waals surface area contributed by atoms with Gasteiger partial charge in [0.2, 0.25) is 0 Å². The molecule has 0 aliphatic heterocycles. The Hall–Kier alpha value is -3.92. The Morgan fingerprint density at radius 1 is 0.464 bits per heavy atom. The fraction of sp³-hybridized carbons (Fsp3) is 0. The van der Waals surface area contributed by atoms with Crippen LogP contribution in [0.15, 0.2) is 72.8 Å². The van der Waals surface area contributed by atoms with Crippen LogP contribution in [0.25, 0.3) is 24.3 Å². The summed E-state index contributed by atoms with van der Waals surface area (Å²) in [6, 6.07) is 21.4. The van der Waals surface area contributed by atoms with Crippen molar-refractivity contribution in [1.82, 2.24) is 0 Å². The molecule has 0 saturated heterocycles. The zero-order valence-electron chi connectivity index (χ0n) is 14.9. The molecule has 0 aliphatic carbocycles. The van der Waals surface area contributed by atoms with Crippen LogP contribution in [0.2, 0.25) is 0 Å². The summed E-state index contributed by atoms with van der Waals surface area (Å²) < 4.78 is 0. The molecule has 2 N–H and O–H groups in total. The van der Waals surface area contributed by atoms with Crippen LogP contribution >= 0.6 is 0 Å².